The van der Waals surface area contributed by atoms with Crippen LogP contribution >= 0.6 is 11.3 Å². The zero-order valence-corrected chi connectivity index (χ0v) is 14.6. The van der Waals surface area contributed by atoms with E-state index in [0.29, 0.717) is 29.8 Å². The Labute approximate surface area is 145 Å². The predicted molar refractivity (Wildman–Crippen MR) is 92.8 cm³/mol. The molecule has 1 unspecified atom stereocenters. The van der Waals surface area contributed by atoms with Crippen molar-refractivity contribution in [2.75, 3.05) is 20.8 Å². The highest BCUT2D eigenvalue weighted by atomic mass is 32.1. The summed E-state index contributed by atoms with van der Waals surface area (Å²) in [6, 6.07) is 5.87. The third-order valence-corrected chi connectivity index (χ3v) is 4.97. The van der Waals surface area contributed by atoms with E-state index in [0.717, 1.165) is 30.0 Å². The number of hydrogen-bond donors (Lipinski definition) is 2. The van der Waals surface area contributed by atoms with Crippen molar-refractivity contribution in [3.63, 3.8) is 0 Å². The van der Waals surface area contributed by atoms with Gasteiger partial charge in [-0.25, -0.2) is 4.98 Å². The number of ether oxygens (including phenoxy) is 2. The van der Waals surface area contributed by atoms with E-state index in [2.05, 4.69) is 15.6 Å². The number of rotatable bonds is 6. The second kappa shape index (κ2) is 7.63. The topological polar surface area (TPSA) is 72.5 Å². The number of thiazole rings is 1. The minimum atomic E-state index is -0.162. The summed E-state index contributed by atoms with van der Waals surface area (Å²) in [5.74, 6) is 1.15. The Bertz CT molecular complexity index is 711. The fourth-order valence-electron chi connectivity index (χ4n) is 2.71. The molecule has 1 aliphatic rings. The maximum Gasteiger partial charge on any atom is 0.271 e. The van der Waals surface area contributed by atoms with Crippen LogP contribution in [0.5, 0.6) is 11.5 Å². The molecule has 0 radical (unpaired) electrons. The van der Waals surface area contributed by atoms with Crippen LogP contribution in [-0.2, 0) is 6.54 Å². The second-order valence-electron chi connectivity index (χ2n) is 5.59. The summed E-state index contributed by atoms with van der Waals surface area (Å²) < 4.78 is 10.5. The second-order valence-corrected chi connectivity index (χ2v) is 6.48. The molecule has 1 saturated heterocycles. The first-order valence-corrected chi connectivity index (χ1v) is 8.77. The number of carbonyl (C=O) groups excluding carboxylic acids is 1. The molecule has 7 heteroatoms. The smallest absolute Gasteiger partial charge is 0.271 e. The largest absolute Gasteiger partial charge is 0.493 e. The molecule has 2 heterocycles. The Morgan fingerprint density at radius 1 is 1.38 bits per heavy atom. The summed E-state index contributed by atoms with van der Waals surface area (Å²) in [5.41, 5.74) is 1.41. The van der Waals surface area contributed by atoms with Gasteiger partial charge in [-0.05, 0) is 37.1 Å². The zero-order valence-electron chi connectivity index (χ0n) is 13.8. The molecular weight excluding hydrogens is 326 g/mol. The monoisotopic (exact) mass is 347 g/mol. The van der Waals surface area contributed by atoms with Crippen LogP contribution < -0.4 is 20.1 Å². The SMILES string of the molecule is COc1ccc(CNC(=O)c2csc(C3CCCN3)n2)cc1OC. The van der Waals surface area contributed by atoms with E-state index in [1.54, 1.807) is 14.2 Å². The first-order valence-electron chi connectivity index (χ1n) is 7.89. The van der Waals surface area contributed by atoms with E-state index in [9.17, 15) is 4.79 Å². The van der Waals surface area contributed by atoms with E-state index in [-0.39, 0.29) is 5.91 Å². The van der Waals surface area contributed by atoms with Gasteiger partial charge in [-0.1, -0.05) is 6.07 Å². The Balaban J connectivity index is 1.61. The predicted octanol–water partition coefficient (Wildman–Crippen LogP) is 2.51. The zero-order chi connectivity index (χ0) is 16.9. The maximum atomic E-state index is 12.3. The molecule has 0 bridgehead atoms. The molecule has 1 amide bonds. The molecule has 1 fully saturated rings. The van der Waals surface area contributed by atoms with Crippen LogP contribution in [0.25, 0.3) is 0 Å². The number of hydrogen-bond acceptors (Lipinski definition) is 6. The standard InChI is InChI=1S/C17H21N3O3S/c1-22-14-6-5-11(8-15(14)23-2)9-19-16(21)13-10-24-17(20-13)12-4-3-7-18-12/h5-6,8,10,12,18H,3-4,7,9H2,1-2H3,(H,19,21). The van der Waals surface area contributed by atoms with Crippen molar-refractivity contribution in [1.29, 1.82) is 0 Å². The quantitative estimate of drug-likeness (QED) is 0.840. The first-order chi connectivity index (χ1) is 11.7. The summed E-state index contributed by atoms with van der Waals surface area (Å²) in [6.07, 6.45) is 2.24. The van der Waals surface area contributed by atoms with E-state index < -0.39 is 0 Å². The fraction of sp³-hybridized carbons (Fsp3) is 0.412. The van der Waals surface area contributed by atoms with Crippen molar-refractivity contribution in [2.24, 2.45) is 0 Å². The third kappa shape index (κ3) is 3.68. The molecule has 0 spiro atoms. The molecule has 128 valence electrons. The van der Waals surface area contributed by atoms with E-state index in [1.807, 2.05) is 23.6 Å². The Kier molecular flexibility index (Phi) is 5.32. The van der Waals surface area contributed by atoms with Crippen molar-refractivity contribution < 1.29 is 14.3 Å². The van der Waals surface area contributed by atoms with E-state index in [4.69, 9.17) is 9.47 Å². The van der Waals surface area contributed by atoms with Crippen molar-refractivity contribution >= 4 is 17.2 Å². The molecular formula is C17H21N3O3S. The highest BCUT2D eigenvalue weighted by molar-refractivity contribution is 7.09. The van der Waals surface area contributed by atoms with Gasteiger partial charge in [-0.2, -0.15) is 0 Å². The van der Waals surface area contributed by atoms with Gasteiger partial charge in [0, 0.05) is 11.9 Å². The first kappa shape index (κ1) is 16.7. The summed E-state index contributed by atoms with van der Waals surface area (Å²) in [5, 5.41) is 9.10. The minimum Gasteiger partial charge on any atom is -0.493 e. The highest BCUT2D eigenvalue weighted by Crippen LogP contribution is 2.28. The number of carbonyl (C=O) groups is 1. The molecule has 0 aliphatic carbocycles. The average Bonchev–Trinajstić information content (AvgIpc) is 3.30. The van der Waals surface area contributed by atoms with Crippen LogP contribution in [0.4, 0.5) is 0 Å². The summed E-state index contributed by atoms with van der Waals surface area (Å²) in [7, 11) is 3.19. The number of benzene rings is 1. The molecule has 1 aromatic carbocycles. The van der Waals surface area contributed by atoms with Gasteiger partial charge in [0.25, 0.3) is 5.91 Å². The van der Waals surface area contributed by atoms with Gasteiger partial charge >= 0.3 is 0 Å². The number of aromatic nitrogens is 1. The molecule has 2 aromatic rings. The minimum absolute atomic E-state index is 0.162. The van der Waals surface area contributed by atoms with Crippen LogP contribution in [0, 0.1) is 0 Å². The molecule has 1 atom stereocenters. The molecule has 0 saturated carbocycles. The van der Waals surface area contributed by atoms with E-state index in [1.165, 1.54) is 11.3 Å². The van der Waals surface area contributed by atoms with Crippen molar-refractivity contribution in [3.05, 3.63) is 39.8 Å². The summed E-state index contributed by atoms with van der Waals surface area (Å²) in [6.45, 7) is 1.43. The number of methoxy groups -OCH3 is 2. The highest BCUT2D eigenvalue weighted by Gasteiger charge is 2.21. The van der Waals surface area contributed by atoms with Crippen LogP contribution in [0.3, 0.4) is 0 Å². The van der Waals surface area contributed by atoms with Crippen molar-refractivity contribution in [2.45, 2.75) is 25.4 Å². The van der Waals surface area contributed by atoms with Crippen LogP contribution in [-0.4, -0.2) is 31.7 Å². The van der Waals surface area contributed by atoms with Gasteiger partial charge in [0.05, 0.1) is 20.3 Å². The molecule has 3 rings (SSSR count). The van der Waals surface area contributed by atoms with Crippen LogP contribution in [0.2, 0.25) is 0 Å². The lowest BCUT2D eigenvalue weighted by Crippen LogP contribution is -2.23. The van der Waals surface area contributed by atoms with Gasteiger partial charge in [0.15, 0.2) is 11.5 Å². The van der Waals surface area contributed by atoms with Crippen molar-refractivity contribution in [1.82, 2.24) is 15.6 Å². The van der Waals surface area contributed by atoms with Crippen molar-refractivity contribution in [3.8, 4) is 11.5 Å². The van der Waals surface area contributed by atoms with Gasteiger partial charge in [-0.15, -0.1) is 11.3 Å². The molecule has 1 aromatic heterocycles. The van der Waals surface area contributed by atoms with Gasteiger partial charge in [-0.3, -0.25) is 4.79 Å². The maximum absolute atomic E-state index is 12.3. The lowest BCUT2D eigenvalue weighted by Gasteiger charge is -2.10. The average molecular weight is 347 g/mol. The summed E-state index contributed by atoms with van der Waals surface area (Å²) >= 11 is 1.54. The number of nitrogens with one attached hydrogen (secondary N) is 2. The molecule has 2 N–H and O–H groups in total. The van der Waals surface area contributed by atoms with Gasteiger partial charge in [0.1, 0.15) is 10.7 Å². The van der Waals surface area contributed by atoms with Gasteiger partial charge in [0.2, 0.25) is 0 Å². The third-order valence-electron chi connectivity index (χ3n) is 4.01. The fourth-order valence-corrected chi connectivity index (χ4v) is 3.62. The number of amides is 1. The molecule has 1 aliphatic heterocycles. The Morgan fingerprint density at radius 3 is 2.92 bits per heavy atom. The van der Waals surface area contributed by atoms with Crippen LogP contribution in [0.1, 0.15) is 39.9 Å². The normalized spacial score (nSPS) is 16.8. The van der Waals surface area contributed by atoms with Gasteiger partial charge < -0.3 is 20.1 Å². The Hall–Kier alpha value is -2.12. The van der Waals surface area contributed by atoms with E-state index >= 15 is 0 Å². The van der Waals surface area contributed by atoms with Crippen LogP contribution in [0.15, 0.2) is 23.6 Å². The lowest BCUT2D eigenvalue weighted by molar-refractivity contribution is 0.0946. The number of nitrogens with zero attached hydrogens (tertiary/aromatic N) is 1. The molecule has 6 nitrogen and oxygen atoms in total. The summed E-state index contributed by atoms with van der Waals surface area (Å²) in [4.78, 5) is 16.7. The lowest BCUT2D eigenvalue weighted by atomic mass is 10.2. The Morgan fingerprint density at radius 2 is 2.21 bits per heavy atom. The molecule has 24 heavy (non-hydrogen) atoms.